The first-order valence-electron chi connectivity index (χ1n) is 8.02. The van der Waals surface area contributed by atoms with Crippen LogP contribution in [0.4, 0.5) is 0 Å². The number of benzene rings is 2. The van der Waals surface area contributed by atoms with E-state index in [9.17, 15) is 4.79 Å². The number of carbonyl (C=O) groups excluding carboxylic acids is 1. The van der Waals surface area contributed by atoms with E-state index in [2.05, 4.69) is 0 Å². The van der Waals surface area contributed by atoms with E-state index in [1.807, 2.05) is 59.5 Å². The van der Waals surface area contributed by atoms with Gasteiger partial charge in [-0.15, -0.1) is 0 Å². The first-order valence-corrected chi connectivity index (χ1v) is 8.02. The molecule has 3 rings (SSSR count). The molecule has 2 aromatic carbocycles. The number of hydrogen-bond acceptors (Lipinski definition) is 3. The number of likely N-dealkylation sites (tertiary alicyclic amines) is 1. The van der Waals surface area contributed by atoms with Crippen molar-refractivity contribution in [3.63, 3.8) is 0 Å². The van der Waals surface area contributed by atoms with Gasteiger partial charge in [0.15, 0.2) is 0 Å². The number of amides is 1. The van der Waals surface area contributed by atoms with E-state index in [1.54, 1.807) is 0 Å². The minimum Gasteiger partial charge on any atom is -0.489 e. The van der Waals surface area contributed by atoms with Crippen LogP contribution < -0.4 is 10.5 Å². The summed E-state index contributed by atoms with van der Waals surface area (Å²) in [5, 5.41) is 0. The Morgan fingerprint density at radius 2 is 2.00 bits per heavy atom. The molecule has 4 nitrogen and oxygen atoms in total. The van der Waals surface area contributed by atoms with Crippen molar-refractivity contribution in [2.24, 2.45) is 11.7 Å². The van der Waals surface area contributed by atoms with Gasteiger partial charge in [0.05, 0.1) is 0 Å². The highest BCUT2D eigenvalue weighted by molar-refractivity contribution is 5.94. The molecule has 120 valence electrons. The lowest BCUT2D eigenvalue weighted by atomic mass is 10.1. The zero-order valence-corrected chi connectivity index (χ0v) is 13.2. The van der Waals surface area contributed by atoms with Crippen LogP contribution in [-0.2, 0) is 6.61 Å². The van der Waals surface area contributed by atoms with Gasteiger partial charge in [0.25, 0.3) is 5.91 Å². The molecule has 1 fully saturated rings. The van der Waals surface area contributed by atoms with Crippen molar-refractivity contribution in [1.29, 1.82) is 0 Å². The number of ether oxygens (including phenoxy) is 1. The Kier molecular flexibility index (Phi) is 4.93. The number of rotatable bonds is 5. The third-order valence-electron chi connectivity index (χ3n) is 4.24. The van der Waals surface area contributed by atoms with Gasteiger partial charge < -0.3 is 15.4 Å². The van der Waals surface area contributed by atoms with E-state index in [4.69, 9.17) is 10.5 Å². The Hall–Kier alpha value is -2.33. The molecule has 0 radical (unpaired) electrons. The molecule has 4 heteroatoms. The van der Waals surface area contributed by atoms with Crippen LogP contribution in [0.25, 0.3) is 0 Å². The molecule has 0 spiro atoms. The van der Waals surface area contributed by atoms with E-state index in [-0.39, 0.29) is 5.91 Å². The molecule has 2 aromatic rings. The lowest BCUT2D eigenvalue weighted by molar-refractivity contribution is 0.0787. The van der Waals surface area contributed by atoms with Gasteiger partial charge in [-0.2, -0.15) is 0 Å². The van der Waals surface area contributed by atoms with Gasteiger partial charge >= 0.3 is 0 Å². The molecule has 1 heterocycles. The number of nitrogens with two attached hydrogens (primary N) is 1. The van der Waals surface area contributed by atoms with Crippen molar-refractivity contribution < 1.29 is 9.53 Å². The van der Waals surface area contributed by atoms with Crippen molar-refractivity contribution in [3.05, 3.63) is 65.7 Å². The second-order valence-electron chi connectivity index (χ2n) is 5.94. The van der Waals surface area contributed by atoms with Gasteiger partial charge in [0.2, 0.25) is 0 Å². The summed E-state index contributed by atoms with van der Waals surface area (Å²) >= 11 is 0. The summed E-state index contributed by atoms with van der Waals surface area (Å²) in [6.07, 6.45) is 0.992. The van der Waals surface area contributed by atoms with Gasteiger partial charge in [-0.25, -0.2) is 0 Å². The Balaban J connectivity index is 1.64. The van der Waals surface area contributed by atoms with Crippen molar-refractivity contribution in [1.82, 2.24) is 4.90 Å². The van der Waals surface area contributed by atoms with E-state index in [0.29, 0.717) is 30.4 Å². The Morgan fingerprint density at radius 1 is 1.17 bits per heavy atom. The van der Waals surface area contributed by atoms with Crippen LogP contribution in [0, 0.1) is 5.92 Å². The molecule has 0 aliphatic carbocycles. The minimum atomic E-state index is 0.0612. The Labute approximate surface area is 136 Å². The molecule has 1 aliphatic rings. The molecule has 23 heavy (non-hydrogen) atoms. The molecular formula is C19H22N2O2. The van der Waals surface area contributed by atoms with Crippen LogP contribution in [-0.4, -0.2) is 30.4 Å². The quantitative estimate of drug-likeness (QED) is 0.924. The van der Waals surface area contributed by atoms with E-state index in [1.165, 1.54) is 0 Å². The average molecular weight is 310 g/mol. The maximum Gasteiger partial charge on any atom is 0.253 e. The molecule has 1 unspecified atom stereocenters. The molecular weight excluding hydrogens is 288 g/mol. The fourth-order valence-corrected chi connectivity index (χ4v) is 2.85. The van der Waals surface area contributed by atoms with Crippen LogP contribution in [0.15, 0.2) is 54.6 Å². The predicted octanol–water partition coefficient (Wildman–Crippen LogP) is 2.69. The molecule has 1 amide bonds. The van der Waals surface area contributed by atoms with E-state index >= 15 is 0 Å². The third-order valence-corrected chi connectivity index (χ3v) is 4.24. The summed E-state index contributed by atoms with van der Waals surface area (Å²) in [4.78, 5) is 14.4. The fourth-order valence-electron chi connectivity index (χ4n) is 2.85. The van der Waals surface area contributed by atoms with Gasteiger partial charge in [0.1, 0.15) is 12.4 Å². The zero-order valence-electron chi connectivity index (χ0n) is 13.2. The van der Waals surface area contributed by atoms with Crippen molar-refractivity contribution in [2.45, 2.75) is 13.0 Å². The highest BCUT2D eigenvalue weighted by Gasteiger charge is 2.26. The Bertz CT molecular complexity index is 657. The number of carbonyl (C=O) groups is 1. The second kappa shape index (κ2) is 7.29. The Morgan fingerprint density at radius 3 is 2.74 bits per heavy atom. The average Bonchev–Trinajstić information content (AvgIpc) is 3.10. The molecule has 0 saturated carbocycles. The summed E-state index contributed by atoms with van der Waals surface area (Å²) in [7, 11) is 0. The van der Waals surface area contributed by atoms with Gasteiger partial charge in [-0.1, -0.05) is 36.4 Å². The molecule has 2 N–H and O–H groups in total. The minimum absolute atomic E-state index is 0.0612. The third kappa shape index (κ3) is 3.90. The fraction of sp³-hybridized carbons (Fsp3) is 0.316. The van der Waals surface area contributed by atoms with Crippen LogP contribution in [0.5, 0.6) is 5.75 Å². The maximum atomic E-state index is 12.6. The first kappa shape index (κ1) is 15.6. The van der Waals surface area contributed by atoms with Gasteiger partial charge in [0, 0.05) is 18.7 Å². The van der Waals surface area contributed by atoms with Gasteiger partial charge in [-0.05, 0) is 42.6 Å². The standard InChI is InChI=1S/C19H22N2O2/c20-12-16-9-10-21(13-16)19(22)17-7-4-8-18(11-17)23-14-15-5-2-1-3-6-15/h1-8,11,16H,9-10,12-14,20H2. The van der Waals surface area contributed by atoms with Crippen LogP contribution in [0.2, 0.25) is 0 Å². The summed E-state index contributed by atoms with van der Waals surface area (Å²) in [6, 6.07) is 17.4. The molecule has 1 atom stereocenters. The van der Waals surface area contributed by atoms with Gasteiger partial charge in [-0.3, -0.25) is 4.79 Å². The summed E-state index contributed by atoms with van der Waals surface area (Å²) in [5.74, 6) is 1.21. The van der Waals surface area contributed by atoms with Crippen LogP contribution in [0.1, 0.15) is 22.3 Å². The number of nitrogens with zero attached hydrogens (tertiary/aromatic N) is 1. The smallest absolute Gasteiger partial charge is 0.253 e. The van der Waals surface area contributed by atoms with Crippen molar-refractivity contribution in [2.75, 3.05) is 19.6 Å². The SMILES string of the molecule is NCC1CCN(C(=O)c2cccc(OCc3ccccc3)c2)C1. The summed E-state index contributed by atoms with van der Waals surface area (Å²) < 4.78 is 5.80. The largest absolute Gasteiger partial charge is 0.489 e. The molecule has 0 bridgehead atoms. The highest BCUT2D eigenvalue weighted by atomic mass is 16.5. The summed E-state index contributed by atoms with van der Waals surface area (Å²) in [5.41, 5.74) is 7.48. The molecule has 0 aromatic heterocycles. The second-order valence-corrected chi connectivity index (χ2v) is 5.94. The van der Waals surface area contributed by atoms with Crippen molar-refractivity contribution in [3.8, 4) is 5.75 Å². The predicted molar refractivity (Wildman–Crippen MR) is 90.3 cm³/mol. The summed E-state index contributed by atoms with van der Waals surface area (Å²) in [6.45, 7) is 2.68. The number of hydrogen-bond donors (Lipinski definition) is 1. The lowest BCUT2D eigenvalue weighted by Crippen LogP contribution is -2.29. The van der Waals surface area contributed by atoms with Crippen LogP contribution >= 0.6 is 0 Å². The lowest BCUT2D eigenvalue weighted by Gasteiger charge is -2.17. The van der Waals surface area contributed by atoms with Crippen LogP contribution in [0.3, 0.4) is 0 Å². The maximum absolute atomic E-state index is 12.6. The molecule has 1 saturated heterocycles. The highest BCUT2D eigenvalue weighted by Crippen LogP contribution is 2.21. The topological polar surface area (TPSA) is 55.6 Å². The first-order chi connectivity index (χ1) is 11.3. The molecule has 1 aliphatic heterocycles. The van der Waals surface area contributed by atoms with E-state index in [0.717, 1.165) is 25.1 Å². The zero-order chi connectivity index (χ0) is 16.1. The van der Waals surface area contributed by atoms with Crippen molar-refractivity contribution >= 4 is 5.91 Å². The van der Waals surface area contributed by atoms with E-state index < -0.39 is 0 Å². The monoisotopic (exact) mass is 310 g/mol. The normalized spacial score (nSPS) is 17.3.